The molecule has 0 fully saturated rings. The van der Waals surface area contributed by atoms with Crippen LogP contribution in [0.15, 0.2) is 48.5 Å². The molecule has 7 nitrogen and oxygen atoms in total. The third kappa shape index (κ3) is 6.90. The van der Waals surface area contributed by atoms with E-state index in [0.717, 1.165) is 5.69 Å². The molecule has 10 heteroatoms. The minimum Gasteiger partial charge on any atom is -0.313 e. The fraction of sp³-hybridized carbons (Fsp3) is 0.320. The molecule has 35 heavy (non-hydrogen) atoms. The van der Waals surface area contributed by atoms with Gasteiger partial charge in [-0.3, -0.25) is 4.79 Å². The van der Waals surface area contributed by atoms with E-state index >= 15 is 0 Å². The van der Waals surface area contributed by atoms with Crippen molar-refractivity contribution in [1.29, 1.82) is 0 Å². The van der Waals surface area contributed by atoms with Gasteiger partial charge in [-0.2, -0.15) is 5.10 Å². The van der Waals surface area contributed by atoms with Gasteiger partial charge in [-0.15, -0.1) is 0 Å². The van der Waals surface area contributed by atoms with Gasteiger partial charge in [-0.05, 0) is 50.2 Å². The van der Waals surface area contributed by atoms with Gasteiger partial charge in [0.25, 0.3) is 0 Å². The van der Waals surface area contributed by atoms with E-state index in [1.54, 1.807) is 47.1 Å². The summed E-state index contributed by atoms with van der Waals surface area (Å²) in [5.41, 5.74) is 1.70. The van der Waals surface area contributed by atoms with Gasteiger partial charge in [-0.25, -0.2) is 9.48 Å². The molecule has 186 valence electrons. The lowest BCUT2D eigenvalue weighted by Gasteiger charge is -2.26. The zero-order valence-electron chi connectivity index (χ0n) is 20.2. The Hall–Kier alpha value is -2.74. The van der Waals surface area contributed by atoms with E-state index in [9.17, 15) is 9.59 Å². The van der Waals surface area contributed by atoms with E-state index in [1.165, 1.54) is 4.90 Å². The first kappa shape index (κ1) is 26.9. The average molecular weight is 537 g/mol. The summed E-state index contributed by atoms with van der Waals surface area (Å²) in [7, 11) is 0. The number of nitrogens with zero attached hydrogens (tertiary/aromatic N) is 3. The molecule has 3 rings (SSSR count). The third-order valence-corrected chi connectivity index (χ3v) is 6.14. The molecule has 0 atom stereocenters. The molecule has 0 unspecified atom stereocenters. The van der Waals surface area contributed by atoms with Crippen molar-refractivity contribution in [3.8, 4) is 5.69 Å². The summed E-state index contributed by atoms with van der Waals surface area (Å²) >= 11 is 18.3. The summed E-state index contributed by atoms with van der Waals surface area (Å²) in [6.45, 7) is 9.59. The highest BCUT2D eigenvalue weighted by Crippen LogP contribution is 2.29. The monoisotopic (exact) mass is 535 g/mol. The second kappa shape index (κ2) is 10.9. The van der Waals surface area contributed by atoms with Crippen LogP contribution in [-0.4, -0.2) is 39.2 Å². The van der Waals surface area contributed by atoms with Crippen LogP contribution in [0.5, 0.6) is 0 Å². The standard InChI is InChI=1S/C25H28Cl3N5O2/c1-15(2)32(24(35)29-17-8-6-7-16(26)11-17)14-23(34)30-22-13-21(25(3,4)5)31-33(22)18-9-10-19(27)20(28)12-18/h6-13,15H,14H2,1-5H3,(H,29,35)(H,30,34). The minimum atomic E-state index is -0.411. The Balaban J connectivity index is 1.83. The largest absolute Gasteiger partial charge is 0.322 e. The molecule has 2 N–H and O–H groups in total. The first-order chi connectivity index (χ1) is 16.3. The van der Waals surface area contributed by atoms with Gasteiger partial charge in [0.05, 0.1) is 21.4 Å². The van der Waals surface area contributed by atoms with E-state index in [4.69, 9.17) is 34.8 Å². The van der Waals surface area contributed by atoms with Gasteiger partial charge in [0.1, 0.15) is 12.4 Å². The SMILES string of the molecule is CC(C)N(CC(=O)Nc1cc(C(C)(C)C)nn1-c1ccc(Cl)c(Cl)c1)C(=O)Nc1cccc(Cl)c1. The van der Waals surface area contributed by atoms with Crippen LogP contribution < -0.4 is 10.6 Å². The molecule has 0 bridgehead atoms. The molecule has 0 aliphatic carbocycles. The molecule has 0 aliphatic rings. The number of halogens is 3. The number of aromatic nitrogens is 2. The number of rotatable bonds is 6. The number of hydrogen-bond acceptors (Lipinski definition) is 3. The molecule has 3 amide bonds. The van der Waals surface area contributed by atoms with Gasteiger partial charge in [0, 0.05) is 28.2 Å². The number of amides is 3. The fourth-order valence-electron chi connectivity index (χ4n) is 3.24. The second-order valence-electron chi connectivity index (χ2n) is 9.39. The Kier molecular flexibility index (Phi) is 8.36. The van der Waals surface area contributed by atoms with Gasteiger partial charge in [-0.1, -0.05) is 61.6 Å². The van der Waals surface area contributed by atoms with Crippen molar-refractivity contribution in [2.75, 3.05) is 17.2 Å². The normalized spacial score (nSPS) is 11.5. The lowest BCUT2D eigenvalue weighted by atomic mass is 9.92. The summed E-state index contributed by atoms with van der Waals surface area (Å²) in [5, 5.41) is 11.7. The van der Waals surface area contributed by atoms with Gasteiger partial charge >= 0.3 is 6.03 Å². The van der Waals surface area contributed by atoms with Crippen molar-refractivity contribution < 1.29 is 9.59 Å². The van der Waals surface area contributed by atoms with Crippen LogP contribution in [0.3, 0.4) is 0 Å². The molecule has 0 radical (unpaired) electrons. The molecule has 1 heterocycles. The smallest absolute Gasteiger partial charge is 0.313 e. The molecule has 0 spiro atoms. The van der Waals surface area contributed by atoms with Crippen molar-refractivity contribution >= 4 is 58.2 Å². The maximum Gasteiger partial charge on any atom is 0.322 e. The van der Waals surface area contributed by atoms with Crippen molar-refractivity contribution in [2.24, 2.45) is 0 Å². The Morgan fingerprint density at radius 2 is 1.71 bits per heavy atom. The predicted molar refractivity (Wildman–Crippen MR) is 143 cm³/mol. The maximum atomic E-state index is 13.1. The number of nitrogens with one attached hydrogen (secondary N) is 2. The van der Waals surface area contributed by atoms with E-state index in [0.29, 0.717) is 32.3 Å². The topological polar surface area (TPSA) is 79.3 Å². The molecule has 1 aromatic heterocycles. The third-order valence-electron chi connectivity index (χ3n) is 5.17. The summed E-state index contributed by atoms with van der Waals surface area (Å²) in [4.78, 5) is 27.4. The molecule has 2 aromatic carbocycles. The highest BCUT2D eigenvalue weighted by Gasteiger charge is 2.24. The second-order valence-corrected chi connectivity index (χ2v) is 10.6. The van der Waals surface area contributed by atoms with E-state index in [2.05, 4.69) is 15.7 Å². The van der Waals surface area contributed by atoms with E-state index < -0.39 is 6.03 Å². The summed E-state index contributed by atoms with van der Waals surface area (Å²) < 4.78 is 1.60. The van der Waals surface area contributed by atoms with Gasteiger partial charge in [0.2, 0.25) is 5.91 Å². The predicted octanol–water partition coefficient (Wildman–Crippen LogP) is 7.01. The number of carbonyl (C=O) groups excluding carboxylic acids is 2. The van der Waals surface area contributed by atoms with Crippen LogP contribution in [0, 0.1) is 0 Å². The highest BCUT2D eigenvalue weighted by molar-refractivity contribution is 6.42. The van der Waals surface area contributed by atoms with Crippen LogP contribution in [0.4, 0.5) is 16.3 Å². The number of hydrogen-bond donors (Lipinski definition) is 2. The number of benzene rings is 2. The van der Waals surface area contributed by atoms with Crippen LogP contribution >= 0.6 is 34.8 Å². The molecular weight excluding hydrogens is 509 g/mol. The van der Waals surface area contributed by atoms with Crippen molar-refractivity contribution in [2.45, 2.75) is 46.1 Å². The lowest BCUT2D eigenvalue weighted by molar-refractivity contribution is -0.117. The lowest BCUT2D eigenvalue weighted by Crippen LogP contribution is -2.44. The molecular formula is C25H28Cl3N5O2. The van der Waals surface area contributed by atoms with E-state index in [1.807, 2.05) is 40.7 Å². The van der Waals surface area contributed by atoms with Crippen LogP contribution in [0.1, 0.15) is 40.3 Å². The van der Waals surface area contributed by atoms with Gasteiger partial charge < -0.3 is 15.5 Å². The fourth-order valence-corrected chi connectivity index (χ4v) is 3.72. The molecule has 0 aliphatic heterocycles. The summed E-state index contributed by atoms with van der Waals surface area (Å²) in [6, 6.07) is 13.1. The Labute approximate surface area is 220 Å². The Morgan fingerprint density at radius 1 is 1.00 bits per heavy atom. The summed E-state index contributed by atoms with van der Waals surface area (Å²) in [6.07, 6.45) is 0. The molecule has 0 saturated carbocycles. The van der Waals surface area contributed by atoms with Crippen LogP contribution in [-0.2, 0) is 10.2 Å². The van der Waals surface area contributed by atoms with Crippen molar-refractivity contribution in [1.82, 2.24) is 14.7 Å². The zero-order chi connectivity index (χ0) is 25.9. The zero-order valence-corrected chi connectivity index (χ0v) is 22.5. The number of urea groups is 1. The number of carbonyl (C=O) groups is 2. The summed E-state index contributed by atoms with van der Waals surface area (Å²) in [5.74, 6) is 0.0823. The minimum absolute atomic E-state index is 0.165. The molecule has 3 aromatic rings. The van der Waals surface area contributed by atoms with Crippen molar-refractivity contribution in [3.63, 3.8) is 0 Å². The van der Waals surface area contributed by atoms with Crippen LogP contribution in [0.2, 0.25) is 15.1 Å². The van der Waals surface area contributed by atoms with E-state index in [-0.39, 0.29) is 23.9 Å². The first-order valence-electron chi connectivity index (χ1n) is 11.0. The molecule has 0 saturated heterocycles. The Morgan fingerprint density at radius 3 is 2.31 bits per heavy atom. The van der Waals surface area contributed by atoms with Crippen LogP contribution in [0.25, 0.3) is 5.69 Å². The number of anilines is 2. The highest BCUT2D eigenvalue weighted by atomic mass is 35.5. The van der Waals surface area contributed by atoms with Gasteiger partial charge in [0.15, 0.2) is 0 Å². The quantitative estimate of drug-likeness (QED) is 0.355. The average Bonchev–Trinajstić information content (AvgIpc) is 3.18. The maximum absolute atomic E-state index is 13.1. The first-order valence-corrected chi connectivity index (χ1v) is 12.2. The van der Waals surface area contributed by atoms with Crippen molar-refractivity contribution in [3.05, 3.63) is 69.3 Å². The Bertz CT molecular complexity index is 1230.